The number of nitrogens with zero attached hydrogens (tertiary/aromatic N) is 1. The van der Waals surface area contributed by atoms with Crippen molar-refractivity contribution >= 4 is 0 Å². The Bertz CT molecular complexity index is 686. The normalized spacial score (nSPS) is 29.0. The Morgan fingerprint density at radius 1 is 0.920 bits per heavy atom. The molecule has 2 aromatic carbocycles. The summed E-state index contributed by atoms with van der Waals surface area (Å²) in [4.78, 5) is 2.60. The van der Waals surface area contributed by atoms with E-state index in [1.54, 1.807) is 0 Å². The summed E-state index contributed by atoms with van der Waals surface area (Å²) in [5, 5.41) is 11.2. The van der Waals surface area contributed by atoms with E-state index in [2.05, 4.69) is 35.2 Å². The lowest BCUT2D eigenvalue weighted by Gasteiger charge is -2.44. The zero-order valence-electron chi connectivity index (χ0n) is 14.6. The zero-order chi connectivity index (χ0) is 17.3. The van der Waals surface area contributed by atoms with E-state index < -0.39 is 5.60 Å². The Morgan fingerprint density at radius 3 is 2.20 bits per heavy atom. The van der Waals surface area contributed by atoms with E-state index in [4.69, 9.17) is 0 Å². The molecule has 2 atom stereocenters. The number of benzene rings is 2. The van der Waals surface area contributed by atoms with Crippen molar-refractivity contribution in [2.75, 3.05) is 0 Å². The SMILES string of the molecule is OC1(CCc2ccc(F)cc2)CC2CCC(C1)N2Cc1ccccc1. The monoisotopic (exact) mass is 339 g/mol. The predicted molar refractivity (Wildman–Crippen MR) is 97.7 cm³/mol. The summed E-state index contributed by atoms with van der Waals surface area (Å²) in [5.74, 6) is -0.199. The van der Waals surface area contributed by atoms with Gasteiger partial charge in [0.25, 0.3) is 0 Å². The molecule has 2 fully saturated rings. The summed E-state index contributed by atoms with van der Waals surface area (Å²) in [7, 11) is 0. The van der Waals surface area contributed by atoms with Crippen LogP contribution in [-0.4, -0.2) is 27.7 Å². The van der Waals surface area contributed by atoms with E-state index in [9.17, 15) is 9.50 Å². The molecule has 2 heterocycles. The van der Waals surface area contributed by atoms with Crippen LogP contribution >= 0.6 is 0 Å². The molecule has 1 N–H and O–H groups in total. The fourth-order valence-corrected chi connectivity index (χ4v) is 4.70. The van der Waals surface area contributed by atoms with E-state index in [0.717, 1.165) is 37.8 Å². The van der Waals surface area contributed by atoms with Crippen LogP contribution in [0.15, 0.2) is 54.6 Å². The van der Waals surface area contributed by atoms with Crippen LogP contribution in [0.4, 0.5) is 4.39 Å². The van der Waals surface area contributed by atoms with Crippen molar-refractivity contribution in [2.45, 2.75) is 62.8 Å². The minimum Gasteiger partial charge on any atom is -0.390 e. The standard InChI is InChI=1S/C22H26FNO/c23-19-8-6-17(7-9-19)12-13-22(25)14-20-10-11-21(15-22)24(20)16-18-4-2-1-3-5-18/h1-9,20-21,25H,10-16H2. The molecular formula is C22H26FNO. The number of rotatable bonds is 5. The van der Waals surface area contributed by atoms with E-state index in [1.807, 2.05) is 12.1 Å². The molecule has 132 valence electrons. The first kappa shape index (κ1) is 16.7. The Labute approximate surface area is 149 Å². The minimum atomic E-state index is -0.576. The third-order valence-electron chi connectivity index (χ3n) is 6.00. The second kappa shape index (κ2) is 6.89. The second-order valence-electron chi connectivity index (χ2n) is 7.80. The van der Waals surface area contributed by atoms with Gasteiger partial charge >= 0.3 is 0 Å². The summed E-state index contributed by atoms with van der Waals surface area (Å²) in [6, 6.07) is 18.3. The van der Waals surface area contributed by atoms with E-state index in [1.165, 1.54) is 30.5 Å². The van der Waals surface area contributed by atoms with Crippen LogP contribution in [0.25, 0.3) is 0 Å². The van der Waals surface area contributed by atoms with Crippen molar-refractivity contribution in [1.29, 1.82) is 0 Å². The molecule has 4 rings (SSSR count). The van der Waals surface area contributed by atoms with Crippen LogP contribution in [0, 0.1) is 5.82 Å². The topological polar surface area (TPSA) is 23.5 Å². The van der Waals surface area contributed by atoms with Crippen molar-refractivity contribution in [2.24, 2.45) is 0 Å². The lowest BCUT2D eigenvalue weighted by atomic mass is 9.81. The number of aryl methyl sites for hydroxylation is 1. The van der Waals surface area contributed by atoms with Crippen LogP contribution < -0.4 is 0 Å². The van der Waals surface area contributed by atoms with Gasteiger partial charge in [-0.1, -0.05) is 42.5 Å². The Kier molecular flexibility index (Phi) is 4.61. The van der Waals surface area contributed by atoms with Gasteiger partial charge in [0.1, 0.15) is 5.82 Å². The molecule has 25 heavy (non-hydrogen) atoms. The molecule has 0 aromatic heterocycles. The molecule has 2 unspecified atom stereocenters. The molecule has 2 aromatic rings. The Morgan fingerprint density at radius 2 is 1.56 bits per heavy atom. The highest BCUT2D eigenvalue weighted by molar-refractivity contribution is 5.18. The molecule has 0 radical (unpaired) electrons. The van der Waals surface area contributed by atoms with Gasteiger partial charge in [0.05, 0.1) is 5.60 Å². The molecule has 0 amide bonds. The summed E-state index contributed by atoms with van der Waals surface area (Å²) in [6.45, 7) is 0.990. The average molecular weight is 339 g/mol. The molecule has 0 saturated carbocycles. The molecule has 2 nitrogen and oxygen atoms in total. The third kappa shape index (κ3) is 3.78. The number of aliphatic hydroxyl groups is 1. The minimum absolute atomic E-state index is 0.199. The molecule has 2 aliphatic rings. The smallest absolute Gasteiger partial charge is 0.123 e. The van der Waals surface area contributed by atoms with Gasteiger partial charge < -0.3 is 5.11 Å². The van der Waals surface area contributed by atoms with Gasteiger partial charge in [-0.25, -0.2) is 4.39 Å². The van der Waals surface area contributed by atoms with Crippen LogP contribution in [0.2, 0.25) is 0 Å². The third-order valence-corrected chi connectivity index (χ3v) is 6.00. The number of fused-ring (bicyclic) bond motifs is 2. The van der Waals surface area contributed by atoms with E-state index in [0.29, 0.717) is 12.1 Å². The number of hydrogen-bond acceptors (Lipinski definition) is 2. The number of halogens is 1. The van der Waals surface area contributed by atoms with Crippen LogP contribution in [-0.2, 0) is 13.0 Å². The Balaban J connectivity index is 1.39. The highest BCUT2D eigenvalue weighted by atomic mass is 19.1. The van der Waals surface area contributed by atoms with Crippen LogP contribution in [0.3, 0.4) is 0 Å². The van der Waals surface area contributed by atoms with Gasteiger partial charge in [0.2, 0.25) is 0 Å². The summed E-state index contributed by atoms with van der Waals surface area (Å²) >= 11 is 0. The first-order valence-corrected chi connectivity index (χ1v) is 9.38. The van der Waals surface area contributed by atoms with Crippen molar-refractivity contribution in [1.82, 2.24) is 4.90 Å². The van der Waals surface area contributed by atoms with Gasteiger partial charge in [0, 0.05) is 18.6 Å². The first-order chi connectivity index (χ1) is 12.1. The highest BCUT2D eigenvalue weighted by Gasteiger charge is 2.46. The summed E-state index contributed by atoms with van der Waals surface area (Å²) < 4.78 is 13.0. The fourth-order valence-electron chi connectivity index (χ4n) is 4.70. The van der Waals surface area contributed by atoms with Crippen molar-refractivity contribution in [3.8, 4) is 0 Å². The quantitative estimate of drug-likeness (QED) is 0.877. The maximum atomic E-state index is 13.0. The largest absolute Gasteiger partial charge is 0.390 e. The van der Waals surface area contributed by atoms with Gasteiger partial charge in [-0.05, 0) is 61.8 Å². The maximum Gasteiger partial charge on any atom is 0.123 e. The first-order valence-electron chi connectivity index (χ1n) is 9.38. The summed E-state index contributed by atoms with van der Waals surface area (Å²) in [5.41, 5.74) is 1.89. The van der Waals surface area contributed by atoms with Gasteiger partial charge in [-0.3, -0.25) is 4.90 Å². The average Bonchev–Trinajstić information content (AvgIpc) is 2.87. The molecule has 0 aliphatic carbocycles. The molecule has 2 saturated heterocycles. The molecule has 3 heteroatoms. The fraction of sp³-hybridized carbons (Fsp3) is 0.455. The molecule has 0 spiro atoms. The maximum absolute atomic E-state index is 13.0. The van der Waals surface area contributed by atoms with Gasteiger partial charge in [-0.15, -0.1) is 0 Å². The zero-order valence-corrected chi connectivity index (χ0v) is 14.6. The van der Waals surface area contributed by atoms with Crippen LogP contribution in [0.5, 0.6) is 0 Å². The van der Waals surface area contributed by atoms with Crippen molar-refractivity contribution in [3.63, 3.8) is 0 Å². The number of hydrogen-bond donors (Lipinski definition) is 1. The van der Waals surface area contributed by atoms with Gasteiger partial charge in [-0.2, -0.15) is 0 Å². The number of piperidine rings is 1. The Hall–Kier alpha value is -1.71. The lowest BCUT2D eigenvalue weighted by Crippen LogP contribution is -2.50. The van der Waals surface area contributed by atoms with Crippen molar-refractivity contribution < 1.29 is 9.50 Å². The van der Waals surface area contributed by atoms with Gasteiger partial charge in [0.15, 0.2) is 0 Å². The van der Waals surface area contributed by atoms with Crippen molar-refractivity contribution in [3.05, 3.63) is 71.5 Å². The molecule has 2 bridgehead atoms. The van der Waals surface area contributed by atoms with Crippen LogP contribution in [0.1, 0.15) is 43.2 Å². The highest BCUT2D eigenvalue weighted by Crippen LogP contribution is 2.43. The van der Waals surface area contributed by atoms with E-state index >= 15 is 0 Å². The summed E-state index contributed by atoms with van der Waals surface area (Å²) in [6.07, 6.45) is 5.68. The molecular weight excluding hydrogens is 313 g/mol. The lowest BCUT2D eigenvalue weighted by molar-refractivity contribution is -0.0595. The molecule has 2 aliphatic heterocycles. The van der Waals surface area contributed by atoms with E-state index in [-0.39, 0.29) is 5.82 Å². The predicted octanol–water partition coefficient (Wildman–Crippen LogP) is 4.32. The second-order valence-corrected chi connectivity index (χ2v) is 7.80.